The second kappa shape index (κ2) is 13.8. The fourth-order valence-electron chi connectivity index (χ4n) is 3.36. The van der Waals surface area contributed by atoms with Crippen LogP contribution in [0.3, 0.4) is 0 Å². The van der Waals surface area contributed by atoms with E-state index in [9.17, 15) is 4.79 Å². The lowest BCUT2D eigenvalue weighted by atomic mass is 9.90. The maximum absolute atomic E-state index is 12.6. The van der Waals surface area contributed by atoms with Gasteiger partial charge in [0.1, 0.15) is 5.82 Å². The van der Waals surface area contributed by atoms with Crippen LogP contribution in [0.15, 0.2) is 30.6 Å². The molecule has 3 N–H and O–H groups in total. The summed E-state index contributed by atoms with van der Waals surface area (Å²) in [5.41, 5.74) is 7.60. The largest absolute Gasteiger partial charge is 0.480 e. The normalized spacial score (nSPS) is 16.7. The smallest absolute Gasteiger partial charge is 0.242 e. The number of hydrogen-bond acceptors (Lipinski definition) is 6. The van der Waals surface area contributed by atoms with Gasteiger partial charge in [-0.05, 0) is 56.0 Å². The van der Waals surface area contributed by atoms with Gasteiger partial charge in [0.05, 0.1) is 23.9 Å². The van der Waals surface area contributed by atoms with Gasteiger partial charge >= 0.3 is 0 Å². The Kier molecular flexibility index (Phi) is 11.9. The van der Waals surface area contributed by atoms with Crippen molar-refractivity contribution in [2.45, 2.75) is 59.4 Å². The van der Waals surface area contributed by atoms with Gasteiger partial charge in [0.2, 0.25) is 11.8 Å². The van der Waals surface area contributed by atoms with Gasteiger partial charge in [-0.2, -0.15) is 0 Å². The molecule has 172 valence electrons. The number of nitrogen functional groups attached to an aromatic ring is 1. The minimum Gasteiger partial charge on any atom is -0.480 e. The lowest BCUT2D eigenvalue weighted by Crippen LogP contribution is -2.46. The Labute approximate surface area is 191 Å². The van der Waals surface area contributed by atoms with E-state index in [2.05, 4.69) is 20.2 Å². The number of rotatable bonds is 5. The second-order valence-electron chi connectivity index (χ2n) is 6.73. The first-order chi connectivity index (χ1) is 15.0. The number of piperidine rings is 1. The fourth-order valence-corrected chi connectivity index (χ4v) is 3.47. The van der Waals surface area contributed by atoms with Gasteiger partial charge in [0.25, 0.3) is 0 Å². The van der Waals surface area contributed by atoms with E-state index in [0.717, 1.165) is 31.5 Å². The van der Waals surface area contributed by atoms with E-state index in [1.807, 2.05) is 46.9 Å². The Morgan fingerprint density at radius 3 is 2.55 bits per heavy atom. The summed E-state index contributed by atoms with van der Waals surface area (Å²) in [7, 11) is 1.55. The Bertz CT molecular complexity index is 801. The minimum absolute atomic E-state index is 0.0853. The molecule has 2 aromatic rings. The number of nitrogens with two attached hydrogens (primary N) is 1. The number of carbonyl (C=O) groups excluding carboxylic acids is 1. The summed E-state index contributed by atoms with van der Waals surface area (Å²) in [5, 5.41) is 3.38. The number of amides is 1. The van der Waals surface area contributed by atoms with Gasteiger partial charge in [-0.1, -0.05) is 39.3 Å². The number of aromatic nitrogens is 2. The van der Waals surface area contributed by atoms with Crippen molar-refractivity contribution in [3.63, 3.8) is 0 Å². The number of likely N-dealkylation sites (tertiary alicyclic amines) is 1. The van der Waals surface area contributed by atoms with Gasteiger partial charge in [-0.15, -0.1) is 0 Å². The zero-order valence-corrected chi connectivity index (χ0v) is 20.2. The third-order valence-corrected chi connectivity index (χ3v) is 5.15. The molecule has 2 aromatic heterocycles. The lowest BCUT2D eigenvalue weighted by molar-refractivity contribution is -0.121. The Morgan fingerprint density at radius 1 is 1.26 bits per heavy atom. The number of hydrogen-bond donors (Lipinski definition) is 2. The van der Waals surface area contributed by atoms with E-state index in [1.165, 1.54) is 6.20 Å². The zero-order chi connectivity index (χ0) is 23.4. The summed E-state index contributed by atoms with van der Waals surface area (Å²) in [6.45, 7) is 11.6. The Hall–Kier alpha value is -2.38. The molecule has 7 nitrogen and oxygen atoms in total. The first-order valence-electron chi connectivity index (χ1n) is 10.9. The first kappa shape index (κ1) is 26.7. The van der Waals surface area contributed by atoms with Crippen LogP contribution in [0.2, 0.25) is 5.02 Å². The molecule has 0 aliphatic carbocycles. The molecule has 2 atom stereocenters. The molecule has 0 bridgehead atoms. The summed E-state index contributed by atoms with van der Waals surface area (Å²) < 4.78 is 5.13. The molecule has 1 aliphatic rings. The number of anilines is 2. The highest BCUT2D eigenvalue weighted by molar-refractivity contribution is 6.30. The third kappa shape index (κ3) is 7.67. The van der Waals surface area contributed by atoms with Crippen LogP contribution in [-0.4, -0.2) is 47.0 Å². The summed E-state index contributed by atoms with van der Waals surface area (Å²) in [6.07, 6.45) is 5.37. The number of carbonyl (C=O) groups is 1. The van der Waals surface area contributed by atoms with Crippen molar-refractivity contribution in [1.29, 1.82) is 0 Å². The SMILES string of the molecule is CC.CC.COc1ncc(C2CCCN(C(C)C(=O)Nc3ccc(Cl)cn3)C2)cc1N. The monoisotopic (exact) mass is 449 g/mol. The van der Waals surface area contributed by atoms with Crippen LogP contribution in [0.5, 0.6) is 5.88 Å². The van der Waals surface area contributed by atoms with Crippen LogP contribution in [0.4, 0.5) is 11.5 Å². The topological polar surface area (TPSA) is 93.4 Å². The van der Waals surface area contributed by atoms with Crippen LogP contribution in [0, 0.1) is 0 Å². The number of ether oxygens (including phenoxy) is 1. The summed E-state index contributed by atoms with van der Waals surface area (Å²) in [4.78, 5) is 23.2. The average molecular weight is 450 g/mol. The van der Waals surface area contributed by atoms with Gasteiger partial charge in [-0.25, -0.2) is 9.97 Å². The highest BCUT2D eigenvalue weighted by Crippen LogP contribution is 2.30. The van der Waals surface area contributed by atoms with Crippen molar-refractivity contribution < 1.29 is 9.53 Å². The molecule has 2 unspecified atom stereocenters. The van der Waals surface area contributed by atoms with Crippen LogP contribution in [0.1, 0.15) is 58.9 Å². The van der Waals surface area contributed by atoms with Gasteiger partial charge < -0.3 is 15.8 Å². The van der Waals surface area contributed by atoms with Crippen molar-refractivity contribution in [2.75, 3.05) is 31.2 Å². The molecule has 1 aliphatic heterocycles. The average Bonchev–Trinajstić information content (AvgIpc) is 2.82. The third-order valence-electron chi connectivity index (χ3n) is 4.92. The molecule has 31 heavy (non-hydrogen) atoms. The quantitative estimate of drug-likeness (QED) is 0.668. The maximum atomic E-state index is 12.6. The fraction of sp³-hybridized carbons (Fsp3) is 0.522. The molecule has 0 spiro atoms. The van der Waals surface area contributed by atoms with Crippen molar-refractivity contribution in [2.24, 2.45) is 0 Å². The predicted octanol–water partition coefficient (Wildman–Crippen LogP) is 4.98. The van der Waals surface area contributed by atoms with Gasteiger partial charge in [0, 0.05) is 18.9 Å². The molecule has 1 saturated heterocycles. The van der Waals surface area contributed by atoms with E-state index in [0.29, 0.717) is 22.4 Å². The molecule has 1 fully saturated rings. The second-order valence-corrected chi connectivity index (χ2v) is 7.16. The Balaban J connectivity index is 0.00000113. The standard InChI is InChI=1S/C19H24ClN5O2.2C2H6/c1-12(18(26)24-17-6-5-15(20)10-22-17)25-7-3-4-13(11-25)14-8-16(21)19(27-2)23-9-14;2*1-2/h5-6,8-10,12-13H,3-4,7,11,21H2,1-2H3,(H,22,24,26);2*1-2H3. The van der Waals surface area contributed by atoms with E-state index in [4.69, 9.17) is 22.1 Å². The number of nitrogens with one attached hydrogen (secondary N) is 1. The van der Waals surface area contributed by atoms with Crippen molar-refractivity contribution in [3.8, 4) is 5.88 Å². The zero-order valence-electron chi connectivity index (χ0n) is 19.5. The first-order valence-corrected chi connectivity index (χ1v) is 11.3. The summed E-state index contributed by atoms with van der Waals surface area (Å²) in [6, 6.07) is 5.04. The number of nitrogens with zero attached hydrogens (tertiary/aromatic N) is 3. The molecular formula is C23H36ClN5O2. The number of methoxy groups -OCH3 is 1. The molecule has 0 saturated carbocycles. The summed E-state index contributed by atoms with van der Waals surface area (Å²) >= 11 is 5.83. The van der Waals surface area contributed by atoms with Gasteiger partial charge in [-0.3, -0.25) is 9.69 Å². The lowest BCUT2D eigenvalue weighted by Gasteiger charge is -2.36. The van der Waals surface area contributed by atoms with E-state index in [1.54, 1.807) is 19.2 Å². The highest BCUT2D eigenvalue weighted by atomic mass is 35.5. The van der Waals surface area contributed by atoms with Crippen molar-refractivity contribution >= 4 is 29.0 Å². The Morgan fingerprint density at radius 2 is 1.97 bits per heavy atom. The molecule has 8 heteroatoms. The molecule has 3 heterocycles. The van der Waals surface area contributed by atoms with E-state index < -0.39 is 0 Å². The molecule has 3 rings (SSSR count). The summed E-state index contributed by atoms with van der Waals surface area (Å²) in [5.74, 6) is 1.13. The molecule has 1 amide bonds. The maximum Gasteiger partial charge on any atom is 0.242 e. The number of halogens is 1. The van der Waals surface area contributed by atoms with E-state index in [-0.39, 0.29) is 17.9 Å². The van der Waals surface area contributed by atoms with Crippen LogP contribution in [-0.2, 0) is 4.79 Å². The number of pyridine rings is 2. The van der Waals surface area contributed by atoms with Crippen LogP contribution in [0.25, 0.3) is 0 Å². The predicted molar refractivity (Wildman–Crippen MR) is 129 cm³/mol. The highest BCUT2D eigenvalue weighted by Gasteiger charge is 2.28. The van der Waals surface area contributed by atoms with Crippen molar-refractivity contribution in [1.82, 2.24) is 14.9 Å². The van der Waals surface area contributed by atoms with Crippen LogP contribution < -0.4 is 15.8 Å². The minimum atomic E-state index is -0.270. The molecule has 0 aromatic carbocycles. The molecular weight excluding hydrogens is 414 g/mol. The van der Waals surface area contributed by atoms with Gasteiger partial charge in [0.15, 0.2) is 0 Å². The molecule has 0 radical (unpaired) electrons. The van der Waals surface area contributed by atoms with E-state index >= 15 is 0 Å². The van der Waals surface area contributed by atoms with Crippen LogP contribution >= 0.6 is 11.6 Å². The van der Waals surface area contributed by atoms with Crippen molar-refractivity contribution in [3.05, 3.63) is 41.2 Å².